The van der Waals surface area contributed by atoms with E-state index >= 15 is 0 Å². The fraction of sp³-hybridized carbons (Fsp3) is 0.522. The Bertz CT molecular complexity index is 1010. The fourth-order valence-corrected chi connectivity index (χ4v) is 4.70. The smallest absolute Gasteiger partial charge is 0.475 e. The molecule has 3 atom stereocenters. The van der Waals surface area contributed by atoms with Crippen LogP contribution in [0.25, 0.3) is 0 Å². The van der Waals surface area contributed by atoms with E-state index in [1.54, 1.807) is 0 Å². The van der Waals surface area contributed by atoms with Crippen molar-refractivity contribution in [1.82, 2.24) is 9.88 Å². The first kappa shape index (κ1) is 31.5. The Labute approximate surface area is 217 Å². The number of ether oxygens (including phenoxy) is 2. The maximum atomic E-state index is 10.6. The molecule has 2 saturated heterocycles. The number of hydrogen-bond acceptors (Lipinski definition) is 7. The number of aliphatic carboxylic acids is 2. The minimum Gasteiger partial charge on any atom is -0.475 e. The summed E-state index contributed by atoms with van der Waals surface area (Å²) in [5, 5.41) is 14.2. The topological polar surface area (TPSA) is 109 Å². The van der Waals surface area contributed by atoms with E-state index in [-0.39, 0.29) is 12.2 Å². The highest BCUT2D eigenvalue weighted by molar-refractivity contribution is 7.11. The minimum absolute atomic E-state index is 0.157. The van der Waals surface area contributed by atoms with Gasteiger partial charge in [-0.25, -0.2) is 9.59 Å². The standard InChI is InChI=1S/C19H24N2O2S.2C2HF3O2/c1-14-4-5-16(24-14)11-21-12-18(19-17(21)3-2-10-22-19)23-13-15-6-8-20-9-7-15;2*3-2(4,5)1(6)7/h4-9,17-19H,2-3,10-13H2,1H3;2*(H,6,7)/t17-,18+,19+;;/m0../s1. The zero-order valence-corrected chi connectivity index (χ0v) is 20.9. The van der Waals surface area contributed by atoms with Gasteiger partial charge in [-0.2, -0.15) is 26.3 Å². The van der Waals surface area contributed by atoms with Crippen LogP contribution in [0, 0.1) is 6.92 Å². The SMILES string of the molecule is Cc1ccc(CN2C[C@@H](OCc3ccncc3)[C@@H]3OCCC[C@@H]32)s1.O=C(O)C(F)(F)F.O=C(O)C(F)(F)F. The van der Waals surface area contributed by atoms with Crippen LogP contribution in [0.15, 0.2) is 36.7 Å². The van der Waals surface area contributed by atoms with Crippen LogP contribution in [0.1, 0.15) is 28.2 Å². The highest BCUT2D eigenvalue weighted by Crippen LogP contribution is 2.33. The Kier molecular flexibility index (Phi) is 11.5. The largest absolute Gasteiger partial charge is 0.490 e. The molecular weight excluding hydrogens is 546 g/mol. The number of aromatic nitrogens is 1. The molecule has 15 heteroatoms. The maximum absolute atomic E-state index is 10.6. The first-order valence-electron chi connectivity index (χ1n) is 11.2. The second kappa shape index (κ2) is 13.9. The van der Waals surface area contributed by atoms with Gasteiger partial charge in [0.2, 0.25) is 0 Å². The Morgan fingerprint density at radius 1 is 1.08 bits per heavy atom. The van der Waals surface area contributed by atoms with Gasteiger partial charge >= 0.3 is 24.3 Å². The van der Waals surface area contributed by atoms with Crippen molar-refractivity contribution in [2.45, 2.75) is 63.5 Å². The van der Waals surface area contributed by atoms with Crippen LogP contribution in [0.3, 0.4) is 0 Å². The molecule has 8 nitrogen and oxygen atoms in total. The zero-order chi connectivity index (χ0) is 28.5. The number of fused-ring (bicyclic) bond motifs is 1. The lowest BCUT2D eigenvalue weighted by Gasteiger charge is -2.32. The average Bonchev–Trinajstić information content (AvgIpc) is 3.41. The molecule has 2 aromatic heterocycles. The van der Waals surface area contributed by atoms with Crippen molar-refractivity contribution in [2.75, 3.05) is 13.2 Å². The first-order valence-corrected chi connectivity index (χ1v) is 12.0. The van der Waals surface area contributed by atoms with Gasteiger partial charge in [0.25, 0.3) is 0 Å². The Hall–Kier alpha value is -2.75. The molecule has 2 aliphatic heterocycles. The summed E-state index contributed by atoms with van der Waals surface area (Å²) in [6, 6.07) is 8.98. The van der Waals surface area contributed by atoms with Gasteiger partial charge in [0.1, 0.15) is 6.10 Å². The predicted octanol–water partition coefficient (Wildman–Crippen LogP) is 4.67. The molecule has 0 amide bonds. The molecule has 0 spiro atoms. The number of pyridine rings is 1. The van der Waals surface area contributed by atoms with Crippen LogP contribution >= 0.6 is 11.3 Å². The zero-order valence-electron chi connectivity index (χ0n) is 20.0. The third kappa shape index (κ3) is 10.2. The summed E-state index contributed by atoms with van der Waals surface area (Å²) in [7, 11) is 0. The molecule has 0 aromatic carbocycles. The Morgan fingerprint density at radius 3 is 2.16 bits per heavy atom. The van der Waals surface area contributed by atoms with E-state index in [2.05, 4.69) is 28.9 Å². The molecule has 4 rings (SSSR count). The van der Waals surface area contributed by atoms with Crippen LogP contribution in [0.2, 0.25) is 0 Å². The van der Waals surface area contributed by atoms with Gasteiger partial charge in [-0.3, -0.25) is 9.88 Å². The summed E-state index contributed by atoms with van der Waals surface area (Å²) in [4.78, 5) is 27.2. The fourth-order valence-electron chi connectivity index (χ4n) is 3.78. The molecule has 0 saturated carbocycles. The van der Waals surface area contributed by atoms with Gasteiger partial charge in [-0.15, -0.1) is 11.3 Å². The van der Waals surface area contributed by atoms with Crippen molar-refractivity contribution in [1.29, 1.82) is 0 Å². The second-order valence-electron chi connectivity index (χ2n) is 8.30. The molecule has 0 radical (unpaired) electrons. The average molecular weight is 573 g/mol. The number of aryl methyl sites for hydroxylation is 1. The third-order valence-electron chi connectivity index (χ3n) is 5.44. The molecule has 212 valence electrons. The summed E-state index contributed by atoms with van der Waals surface area (Å²) in [5.41, 5.74) is 1.17. The van der Waals surface area contributed by atoms with Gasteiger partial charge in [-0.1, -0.05) is 0 Å². The summed E-state index contributed by atoms with van der Waals surface area (Å²) in [6.45, 7) is 5.63. The number of alkyl halides is 6. The highest BCUT2D eigenvalue weighted by atomic mass is 32.1. The maximum Gasteiger partial charge on any atom is 0.490 e. The number of carboxylic acids is 2. The van der Waals surface area contributed by atoms with Crippen molar-refractivity contribution in [3.05, 3.63) is 52.0 Å². The van der Waals surface area contributed by atoms with E-state index in [4.69, 9.17) is 29.3 Å². The first-order chi connectivity index (χ1) is 17.7. The number of likely N-dealkylation sites (tertiary alicyclic amines) is 1. The van der Waals surface area contributed by atoms with Crippen LogP contribution in [-0.4, -0.2) is 75.8 Å². The summed E-state index contributed by atoms with van der Waals surface area (Å²) >= 11 is 1.90. The summed E-state index contributed by atoms with van der Waals surface area (Å²) in [5.74, 6) is -5.51. The summed E-state index contributed by atoms with van der Waals surface area (Å²) in [6.07, 6.45) is -3.80. The quantitative estimate of drug-likeness (QED) is 0.498. The van der Waals surface area contributed by atoms with Crippen molar-refractivity contribution < 1.29 is 55.6 Å². The molecule has 2 aromatic rings. The molecule has 2 aliphatic rings. The number of halogens is 6. The molecule has 0 bridgehead atoms. The van der Waals surface area contributed by atoms with E-state index in [0.717, 1.165) is 26.1 Å². The van der Waals surface area contributed by atoms with E-state index < -0.39 is 24.3 Å². The van der Waals surface area contributed by atoms with Crippen molar-refractivity contribution >= 4 is 23.3 Å². The van der Waals surface area contributed by atoms with Crippen LogP contribution in [-0.2, 0) is 32.2 Å². The monoisotopic (exact) mass is 572 g/mol. The number of thiophene rings is 1. The van der Waals surface area contributed by atoms with Crippen molar-refractivity contribution in [2.24, 2.45) is 0 Å². The van der Waals surface area contributed by atoms with E-state index in [9.17, 15) is 26.3 Å². The molecule has 2 fully saturated rings. The third-order valence-corrected chi connectivity index (χ3v) is 6.42. The van der Waals surface area contributed by atoms with Gasteiger partial charge in [0, 0.05) is 47.9 Å². The molecule has 0 aliphatic carbocycles. The van der Waals surface area contributed by atoms with Crippen LogP contribution in [0.4, 0.5) is 26.3 Å². The Balaban J connectivity index is 0.000000301. The normalized spacial score (nSPS) is 21.4. The number of carboxylic acid groups (broad SMARTS) is 2. The number of nitrogens with zero attached hydrogens (tertiary/aromatic N) is 2. The van der Waals surface area contributed by atoms with Gasteiger partial charge in [0.15, 0.2) is 0 Å². The van der Waals surface area contributed by atoms with E-state index in [1.807, 2.05) is 35.9 Å². The molecular formula is C23H26F6N2O6S. The lowest BCUT2D eigenvalue weighted by Crippen LogP contribution is -2.41. The van der Waals surface area contributed by atoms with Crippen molar-refractivity contribution in [3.63, 3.8) is 0 Å². The number of hydrogen-bond donors (Lipinski definition) is 2. The Morgan fingerprint density at radius 2 is 1.66 bits per heavy atom. The van der Waals surface area contributed by atoms with E-state index in [0.29, 0.717) is 12.6 Å². The summed E-state index contributed by atoms with van der Waals surface area (Å²) < 4.78 is 75.8. The van der Waals surface area contributed by atoms with Gasteiger partial charge in [-0.05, 0) is 49.6 Å². The van der Waals surface area contributed by atoms with Gasteiger partial charge < -0.3 is 19.7 Å². The second-order valence-corrected chi connectivity index (χ2v) is 9.67. The lowest BCUT2D eigenvalue weighted by atomic mass is 10.0. The number of rotatable bonds is 5. The molecule has 4 heterocycles. The molecule has 2 N–H and O–H groups in total. The lowest BCUT2D eigenvalue weighted by molar-refractivity contribution is -0.193. The van der Waals surface area contributed by atoms with Crippen LogP contribution in [0.5, 0.6) is 0 Å². The minimum atomic E-state index is -5.08. The highest BCUT2D eigenvalue weighted by Gasteiger charge is 2.44. The molecule has 38 heavy (non-hydrogen) atoms. The van der Waals surface area contributed by atoms with Gasteiger partial charge in [0.05, 0.1) is 12.7 Å². The van der Waals surface area contributed by atoms with E-state index in [1.165, 1.54) is 21.7 Å². The number of carbonyl (C=O) groups is 2. The predicted molar refractivity (Wildman–Crippen MR) is 122 cm³/mol. The van der Waals surface area contributed by atoms with Crippen molar-refractivity contribution in [3.8, 4) is 0 Å². The van der Waals surface area contributed by atoms with Crippen LogP contribution < -0.4 is 0 Å². The molecule has 0 unspecified atom stereocenters.